The van der Waals surface area contributed by atoms with Crippen LogP contribution in [-0.2, 0) is 5.41 Å². The first-order valence-electron chi connectivity index (χ1n) is 8.77. The van der Waals surface area contributed by atoms with E-state index < -0.39 is 0 Å². The molecule has 1 amide bonds. The third-order valence-corrected chi connectivity index (χ3v) is 4.48. The maximum Gasteiger partial charge on any atom is 0.256 e. The summed E-state index contributed by atoms with van der Waals surface area (Å²) in [5.41, 5.74) is 3.02. The van der Waals surface area contributed by atoms with E-state index in [1.54, 1.807) is 0 Å². The van der Waals surface area contributed by atoms with Crippen molar-refractivity contribution in [1.82, 2.24) is 10.3 Å². The average Bonchev–Trinajstić information content (AvgIpc) is 2.62. The van der Waals surface area contributed by atoms with E-state index in [0.717, 1.165) is 31.9 Å². The van der Waals surface area contributed by atoms with Crippen LogP contribution in [0.1, 0.15) is 36.7 Å². The Kier molecular flexibility index (Phi) is 6.62. The summed E-state index contributed by atoms with van der Waals surface area (Å²) in [7, 11) is 0. The zero-order valence-electron chi connectivity index (χ0n) is 15.6. The van der Waals surface area contributed by atoms with E-state index in [9.17, 15) is 4.79 Å². The van der Waals surface area contributed by atoms with Gasteiger partial charge in [0, 0.05) is 31.7 Å². The van der Waals surface area contributed by atoms with Crippen molar-refractivity contribution in [3.05, 3.63) is 53.7 Å². The van der Waals surface area contributed by atoms with Crippen molar-refractivity contribution < 1.29 is 4.79 Å². The van der Waals surface area contributed by atoms with Gasteiger partial charge in [-0.3, -0.25) is 4.79 Å². The number of aromatic nitrogens is 1. The van der Waals surface area contributed by atoms with E-state index >= 15 is 0 Å². The Morgan fingerprint density at radius 1 is 1.08 bits per heavy atom. The lowest BCUT2D eigenvalue weighted by Gasteiger charge is -2.29. The molecule has 0 aliphatic carbocycles. The molecule has 6 heteroatoms. The van der Waals surface area contributed by atoms with Gasteiger partial charge in [0.25, 0.3) is 5.91 Å². The lowest BCUT2D eigenvalue weighted by molar-refractivity contribution is 0.102. The molecule has 0 radical (unpaired) electrons. The number of amides is 1. The molecule has 2 aromatic rings. The Labute approximate surface area is 161 Å². The average molecular weight is 375 g/mol. The minimum Gasteiger partial charge on any atom is -0.368 e. The number of pyridine rings is 1. The molecule has 1 aromatic heterocycles. The molecule has 26 heavy (non-hydrogen) atoms. The summed E-state index contributed by atoms with van der Waals surface area (Å²) in [6, 6.07) is 11.6. The van der Waals surface area contributed by atoms with Gasteiger partial charge in [-0.25, -0.2) is 4.98 Å². The molecule has 0 atom stereocenters. The topological polar surface area (TPSA) is 57.3 Å². The summed E-state index contributed by atoms with van der Waals surface area (Å²) >= 11 is 0. The van der Waals surface area contributed by atoms with Gasteiger partial charge in [0.05, 0.1) is 11.9 Å². The molecule has 2 N–H and O–H groups in total. The molecule has 0 spiro atoms. The van der Waals surface area contributed by atoms with E-state index in [1.807, 2.05) is 42.6 Å². The smallest absolute Gasteiger partial charge is 0.256 e. The van der Waals surface area contributed by atoms with Crippen LogP contribution in [-0.4, -0.2) is 37.1 Å². The lowest BCUT2D eigenvalue weighted by atomic mass is 9.87. The highest BCUT2D eigenvalue weighted by Crippen LogP contribution is 2.22. The van der Waals surface area contributed by atoms with Crippen LogP contribution >= 0.6 is 12.4 Å². The first-order chi connectivity index (χ1) is 11.9. The molecule has 0 saturated carbocycles. The third kappa shape index (κ3) is 4.96. The molecule has 140 valence electrons. The third-order valence-electron chi connectivity index (χ3n) is 4.48. The fourth-order valence-corrected chi connectivity index (χ4v) is 2.88. The molecule has 3 rings (SSSR count). The largest absolute Gasteiger partial charge is 0.368 e. The maximum atomic E-state index is 12.4. The summed E-state index contributed by atoms with van der Waals surface area (Å²) in [6.07, 6.45) is 1.82. The fourth-order valence-electron chi connectivity index (χ4n) is 2.88. The van der Waals surface area contributed by atoms with Gasteiger partial charge in [-0.2, -0.15) is 0 Å². The van der Waals surface area contributed by atoms with Crippen LogP contribution in [0, 0.1) is 0 Å². The number of nitrogens with zero attached hydrogens (tertiary/aromatic N) is 2. The molecule has 1 aliphatic heterocycles. The first kappa shape index (κ1) is 20.2. The van der Waals surface area contributed by atoms with Crippen molar-refractivity contribution in [1.29, 1.82) is 0 Å². The standard InChI is InChI=1S/C20H26N4O.ClH/c1-20(2,3)16-6-4-15(5-7-16)19(25)23-18-9-8-17(14-22-18)24-12-10-21-11-13-24;/h4-9,14,21H,10-13H2,1-3H3,(H,22,23,25);1H. The van der Waals surface area contributed by atoms with Crippen LogP contribution in [0.15, 0.2) is 42.6 Å². The molecule has 1 aromatic carbocycles. The highest BCUT2D eigenvalue weighted by atomic mass is 35.5. The Bertz CT molecular complexity index is 717. The molecule has 1 saturated heterocycles. The van der Waals surface area contributed by atoms with E-state index in [1.165, 1.54) is 5.56 Å². The molecule has 0 unspecified atom stereocenters. The number of rotatable bonds is 3. The van der Waals surface area contributed by atoms with Gasteiger partial charge < -0.3 is 15.5 Å². The van der Waals surface area contributed by atoms with Crippen LogP contribution in [0.2, 0.25) is 0 Å². The van der Waals surface area contributed by atoms with Gasteiger partial charge in [0.2, 0.25) is 0 Å². The zero-order chi connectivity index (χ0) is 17.9. The summed E-state index contributed by atoms with van der Waals surface area (Å²) in [6.45, 7) is 10.4. The van der Waals surface area contributed by atoms with Crippen LogP contribution in [0.5, 0.6) is 0 Å². The Balaban J connectivity index is 0.00000243. The Morgan fingerprint density at radius 2 is 1.73 bits per heavy atom. The van der Waals surface area contributed by atoms with Gasteiger partial charge in [0.1, 0.15) is 5.82 Å². The minimum absolute atomic E-state index is 0. The number of hydrogen-bond donors (Lipinski definition) is 2. The van der Waals surface area contributed by atoms with Crippen molar-refractivity contribution in [3.63, 3.8) is 0 Å². The molecular formula is C20H27ClN4O. The monoisotopic (exact) mass is 374 g/mol. The number of carbonyl (C=O) groups excluding carboxylic acids is 1. The van der Waals surface area contributed by atoms with E-state index in [-0.39, 0.29) is 23.7 Å². The molecule has 0 bridgehead atoms. The summed E-state index contributed by atoms with van der Waals surface area (Å²) < 4.78 is 0. The lowest BCUT2D eigenvalue weighted by Crippen LogP contribution is -2.43. The summed E-state index contributed by atoms with van der Waals surface area (Å²) in [5.74, 6) is 0.437. The number of nitrogens with one attached hydrogen (secondary N) is 2. The number of piperazine rings is 1. The van der Waals surface area contributed by atoms with Crippen LogP contribution in [0.3, 0.4) is 0 Å². The molecule has 1 aliphatic rings. The first-order valence-corrected chi connectivity index (χ1v) is 8.77. The predicted molar refractivity (Wildman–Crippen MR) is 110 cm³/mol. The van der Waals surface area contributed by atoms with E-state index in [0.29, 0.717) is 11.4 Å². The normalized spacial score (nSPS) is 14.5. The second kappa shape index (κ2) is 8.52. The van der Waals surface area contributed by atoms with Crippen molar-refractivity contribution in [2.75, 3.05) is 36.4 Å². The summed E-state index contributed by atoms with van der Waals surface area (Å²) in [5, 5.41) is 6.20. The second-order valence-corrected chi connectivity index (χ2v) is 7.42. The predicted octanol–water partition coefficient (Wildman–Crippen LogP) is 3.46. The number of anilines is 2. The van der Waals surface area contributed by atoms with E-state index in [4.69, 9.17) is 0 Å². The van der Waals surface area contributed by atoms with Gasteiger partial charge in [-0.15, -0.1) is 12.4 Å². The number of halogens is 1. The van der Waals surface area contributed by atoms with Gasteiger partial charge in [0.15, 0.2) is 0 Å². The molecule has 1 fully saturated rings. The quantitative estimate of drug-likeness (QED) is 0.863. The Hall–Kier alpha value is -2.11. The van der Waals surface area contributed by atoms with Gasteiger partial charge >= 0.3 is 0 Å². The maximum absolute atomic E-state index is 12.4. The number of benzene rings is 1. The number of carbonyl (C=O) groups is 1. The Morgan fingerprint density at radius 3 is 2.27 bits per heavy atom. The van der Waals surface area contributed by atoms with Crippen molar-refractivity contribution >= 4 is 29.8 Å². The highest BCUT2D eigenvalue weighted by molar-refractivity contribution is 6.03. The van der Waals surface area contributed by atoms with Crippen LogP contribution < -0.4 is 15.5 Å². The minimum atomic E-state index is -0.136. The fraction of sp³-hybridized carbons (Fsp3) is 0.400. The summed E-state index contributed by atoms with van der Waals surface area (Å²) in [4.78, 5) is 19.1. The molecule has 5 nitrogen and oxygen atoms in total. The van der Waals surface area contributed by atoms with Crippen molar-refractivity contribution in [2.45, 2.75) is 26.2 Å². The van der Waals surface area contributed by atoms with Crippen LogP contribution in [0.4, 0.5) is 11.5 Å². The van der Waals surface area contributed by atoms with E-state index in [2.05, 4.69) is 41.3 Å². The SMILES string of the molecule is CC(C)(C)c1ccc(C(=O)Nc2ccc(N3CCNCC3)cn2)cc1.Cl. The van der Waals surface area contributed by atoms with Crippen LogP contribution in [0.25, 0.3) is 0 Å². The van der Waals surface area contributed by atoms with Gasteiger partial charge in [-0.05, 0) is 35.2 Å². The zero-order valence-corrected chi connectivity index (χ0v) is 16.4. The second-order valence-electron chi connectivity index (χ2n) is 7.42. The number of hydrogen-bond acceptors (Lipinski definition) is 4. The molecule has 2 heterocycles. The molecular weight excluding hydrogens is 348 g/mol. The van der Waals surface area contributed by atoms with Crippen molar-refractivity contribution in [2.24, 2.45) is 0 Å². The van der Waals surface area contributed by atoms with Crippen molar-refractivity contribution in [3.8, 4) is 0 Å². The van der Waals surface area contributed by atoms with Gasteiger partial charge in [-0.1, -0.05) is 32.9 Å². The highest BCUT2D eigenvalue weighted by Gasteiger charge is 2.15.